The number of fused-ring (bicyclic) bond motifs is 1. The van der Waals surface area contributed by atoms with Crippen LogP contribution in [0.15, 0.2) is 72.9 Å². The molecule has 4 aromatic rings. The molecule has 0 unspecified atom stereocenters. The first-order valence-electron chi connectivity index (χ1n) is 9.90. The average molecular weight is 404 g/mol. The van der Waals surface area contributed by atoms with E-state index in [2.05, 4.69) is 58.0 Å². The largest absolute Gasteiger partial charge is 0.379 e. The SMILES string of the molecule is Clc1cccc(-c2nc3ccc(-c4ccccc4)cn3c2CN2CCOCC2)c1. The molecule has 0 radical (unpaired) electrons. The first-order valence-corrected chi connectivity index (χ1v) is 10.3. The molecule has 4 nitrogen and oxygen atoms in total. The van der Waals surface area contributed by atoms with E-state index in [0.29, 0.717) is 0 Å². The van der Waals surface area contributed by atoms with Crippen LogP contribution in [0.2, 0.25) is 5.02 Å². The van der Waals surface area contributed by atoms with Gasteiger partial charge in [-0.2, -0.15) is 0 Å². The molecule has 0 aliphatic carbocycles. The normalized spacial score (nSPS) is 15.1. The highest BCUT2D eigenvalue weighted by molar-refractivity contribution is 6.30. The highest BCUT2D eigenvalue weighted by Crippen LogP contribution is 2.29. The second-order valence-corrected chi connectivity index (χ2v) is 7.75. The monoisotopic (exact) mass is 403 g/mol. The average Bonchev–Trinajstić information content (AvgIpc) is 3.13. The van der Waals surface area contributed by atoms with E-state index in [4.69, 9.17) is 21.3 Å². The quantitative estimate of drug-likeness (QED) is 0.471. The van der Waals surface area contributed by atoms with Crippen molar-refractivity contribution in [1.29, 1.82) is 0 Å². The topological polar surface area (TPSA) is 29.8 Å². The zero-order chi connectivity index (χ0) is 19.6. The van der Waals surface area contributed by atoms with Crippen molar-refractivity contribution in [2.24, 2.45) is 0 Å². The number of rotatable bonds is 4. The van der Waals surface area contributed by atoms with Crippen LogP contribution in [-0.2, 0) is 11.3 Å². The number of nitrogens with zero attached hydrogens (tertiary/aromatic N) is 3. The molecule has 1 saturated heterocycles. The van der Waals surface area contributed by atoms with Crippen LogP contribution in [0.5, 0.6) is 0 Å². The Bertz CT molecular complexity index is 1130. The fourth-order valence-corrected chi connectivity index (χ4v) is 4.07. The van der Waals surface area contributed by atoms with E-state index >= 15 is 0 Å². The Morgan fingerprint density at radius 3 is 2.45 bits per heavy atom. The van der Waals surface area contributed by atoms with E-state index in [0.717, 1.165) is 54.8 Å². The van der Waals surface area contributed by atoms with Crippen molar-refractivity contribution in [2.45, 2.75) is 6.54 Å². The first kappa shape index (κ1) is 18.4. The molecule has 146 valence electrons. The van der Waals surface area contributed by atoms with E-state index in [1.165, 1.54) is 16.8 Å². The maximum absolute atomic E-state index is 6.28. The summed E-state index contributed by atoms with van der Waals surface area (Å²) in [5.41, 5.74) is 6.54. The van der Waals surface area contributed by atoms with Crippen LogP contribution in [0.4, 0.5) is 0 Å². The van der Waals surface area contributed by atoms with Crippen molar-refractivity contribution in [3.63, 3.8) is 0 Å². The van der Waals surface area contributed by atoms with Crippen LogP contribution in [0.3, 0.4) is 0 Å². The third-order valence-electron chi connectivity index (χ3n) is 5.40. The first-order chi connectivity index (χ1) is 14.3. The van der Waals surface area contributed by atoms with Gasteiger partial charge in [0.2, 0.25) is 0 Å². The second-order valence-electron chi connectivity index (χ2n) is 7.32. The van der Waals surface area contributed by atoms with Gasteiger partial charge < -0.3 is 9.14 Å². The van der Waals surface area contributed by atoms with Crippen LogP contribution in [0.25, 0.3) is 28.0 Å². The molecule has 0 amide bonds. The van der Waals surface area contributed by atoms with E-state index < -0.39 is 0 Å². The molecule has 0 spiro atoms. The summed E-state index contributed by atoms with van der Waals surface area (Å²) in [7, 11) is 0. The molecule has 1 fully saturated rings. The number of pyridine rings is 1. The van der Waals surface area contributed by atoms with Crippen LogP contribution >= 0.6 is 11.6 Å². The Balaban J connectivity index is 1.65. The summed E-state index contributed by atoms with van der Waals surface area (Å²) < 4.78 is 7.76. The van der Waals surface area contributed by atoms with Crippen molar-refractivity contribution in [3.8, 4) is 22.4 Å². The summed E-state index contributed by atoms with van der Waals surface area (Å²) in [6, 6.07) is 22.6. The summed E-state index contributed by atoms with van der Waals surface area (Å²) in [4.78, 5) is 7.40. The van der Waals surface area contributed by atoms with Gasteiger partial charge in [0.25, 0.3) is 0 Å². The van der Waals surface area contributed by atoms with E-state index in [1.807, 2.05) is 24.3 Å². The van der Waals surface area contributed by atoms with E-state index in [1.54, 1.807) is 0 Å². The highest BCUT2D eigenvalue weighted by Gasteiger charge is 2.19. The fraction of sp³-hybridized carbons (Fsp3) is 0.208. The number of ether oxygens (including phenoxy) is 1. The van der Waals surface area contributed by atoms with Crippen LogP contribution < -0.4 is 0 Å². The van der Waals surface area contributed by atoms with Crippen molar-refractivity contribution in [1.82, 2.24) is 14.3 Å². The molecule has 3 heterocycles. The van der Waals surface area contributed by atoms with Crippen molar-refractivity contribution >= 4 is 17.2 Å². The number of hydrogen-bond acceptors (Lipinski definition) is 3. The van der Waals surface area contributed by atoms with Gasteiger partial charge in [-0.1, -0.05) is 54.1 Å². The molecule has 0 N–H and O–H groups in total. The van der Waals surface area contributed by atoms with Crippen molar-refractivity contribution in [2.75, 3.05) is 26.3 Å². The van der Waals surface area contributed by atoms with Gasteiger partial charge in [-0.05, 0) is 35.4 Å². The van der Waals surface area contributed by atoms with Gasteiger partial charge in [-0.3, -0.25) is 4.90 Å². The molecule has 1 aliphatic rings. The van der Waals surface area contributed by atoms with Gasteiger partial charge in [0.15, 0.2) is 0 Å². The summed E-state index contributed by atoms with van der Waals surface area (Å²) in [6.45, 7) is 4.24. The van der Waals surface area contributed by atoms with Crippen molar-refractivity contribution in [3.05, 3.63) is 83.6 Å². The minimum atomic E-state index is 0.724. The number of halogens is 1. The maximum atomic E-state index is 6.28. The third-order valence-corrected chi connectivity index (χ3v) is 5.63. The highest BCUT2D eigenvalue weighted by atomic mass is 35.5. The second kappa shape index (κ2) is 7.99. The summed E-state index contributed by atoms with van der Waals surface area (Å²) in [5, 5.41) is 0.724. The fourth-order valence-electron chi connectivity index (χ4n) is 3.88. The summed E-state index contributed by atoms with van der Waals surface area (Å²) >= 11 is 6.28. The Kier molecular flexibility index (Phi) is 5.06. The number of morpholine rings is 1. The molecule has 29 heavy (non-hydrogen) atoms. The smallest absolute Gasteiger partial charge is 0.137 e. The number of benzene rings is 2. The minimum Gasteiger partial charge on any atom is -0.379 e. The lowest BCUT2D eigenvalue weighted by Gasteiger charge is -2.26. The van der Waals surface area contributed by atoms with Gasteiger partial charge in [0, 0.05) is 36.4 Å². The lowest BCUT2D eigenvalue weighted by molar-refractivity contribution is 0.0336. The molecular formula is C24H22ClN3O. The Morgan fingerprint density at radius 2 is 1.66 bits per heavy atom. The molecule has 0 atom stereocenters. The Labute approximate surface area is 175 Å². The van der Waals surface area contributed by atoms with Gasteiger partial charge in [0.05, 0.1) is 24.6 Å². The number of hydrogen-bond donors (Lipinski definition) is 0. The summed E-state index contributed by atoms with van der Waals surface area (Å²) in [6.07, 6.45) is 2.20. The van der Waals surface area contributed by atoms with Crippen LogP contribution in [-0.4, -0.2) is 40.6 Å². The number of imidazole rings is 1. The van der Waals surface area contributed by atoms with Gasteiger partial charge in [0.1, 0.15) is 5.65 Å². The molecule has 2 aromatic carbocycles. The molecule has 0 saturated carbocycles. The number of aromatic nitrogens is 2. The molecular weight excluding hydrogens is 382 g/mol. The van der Waals surface area contributed by atoms with Crippen LogP contribution in [0, 0.1) is 0 Å². The molecule has 5 heteroatoms. The van der Waals surface area contributed by atoms with Crippen molar-refractivity contribution < 1.29 is 4.74 Å². The Morgan fingerprint density at radius 1 is 0.862 bits per heavy atom. The molecule has 2 aromatic heterocycles. The molecule has 5 rings (SSSR count). The van der Waals surface area contributed by atoms with E-state index in [-0.39, 0.29) is 0 Å². The van der Waals surface area contributed by atoms with Gasteiger partial charge in [-0.25, -0.2) is 4.98 Å². The molecule has 1 aliphatic heterocycles. The van der Waals surface area contributed by atoms with Gasteiger partial charge >= 0.3 is 0 Å². The molecule has 0 bridgehead atoms. The lowest BCUT2D eigenvalue weighted by atomic mass is 10.1. The summed E-state index contributed by atoms with van der Waals surface area (Å²) in [5.74, 6) is 0. The standard InChI is InChI=1S/C24H22ClN3O/c25-21-8-4-7-19(15-21)24-22(17-27-11-13-29-14-12-27)28-16-20(9-10-23(28)26-24)18-5-2-1-3-6-18/h1-10,15-16H,11-14,17H2. The van der Waals surface area contributed by atoms with Gasteiger partial charge in [-0.15, -0.1) is 0 Å². The third kappa shape index (κ3) is 3.79. The predicted molar refractivity (Wildman–Crippen MR) is 117 cm³/mol. The Hall–Kier alpha value is -2.66. The maximum Gasteiger partial charge on any atom is 0.137 e. The zero-order valence-corrected chi connectivity index (χ0v) is 16.8. The minimum absolute atomic E-state index is 0.724. The predicted octanol–water partition coefficient (Wildman–Crippen LogP) is 5.15. The lowest BCUT2D eigenvalue weighted by Crippen LogP contribution is -2.36. The zero-order valence-electron chi connectivity index (χ0n) is 16.1. The van der Waals surface area contributed by atoms with Crippen LogP contribution in [0.1, 0.15) is 5.69 Å². The van der Waals surface area contributed by atoms with E-state index in [9.17, 15) is 0 Å².